The smallest absolute Gasteiger partial charge is 0.160 e. The Balaban J connectivity index is 1.08. The zero-order valence-corrected chi connectivity index (χ0v) is 25.2. The summed E-state index contributed by atoms with van der Waals surface area (Å²) >= 11 is 0. The van der Waals surface area contributed by atoms with Crippen molar-refractivity contribution in [3.05, 3.63) is 162 Å². The molecule has 0 spiro atoms. The molecule has 1 aliphatic rings. The van der Waals surface area contributed by atoms with E-state index in [1.807, 2.05) is 30.3 Å². The highest BCUT2D eigenvalue weighted by molar-refractivity contribution is 5.91. The van der Waals surface area contributed by atoms with Crippen LogP contribution in [-0.4, -0.2) is 9.97 Å². The number of fused-ring (bicyclic) bond motifs is 2. The average molecular weight is 588 g/mol. The van der Waals surface area contributed by atoms with Crippen LogP contribution in [0.2, 0.25) is 0 Å². The van der Waals surface area contributed by atoms with E-state index in [1.165, 1.54) is 33.0 Å². The van der Waals surface area contributed by atoms with Crippen molar-refractivity contribution in [2.45, 2.75) is 12.8 Å². The fraction of sp³-hybridized carbons (Fsp3) is 0.0465. The summed E-state index contributed by atoms with van der Waals surface area (Å²) in [6.45, 7) is 0. The molecule has 216 valence electrons. The lowest BCUT2D eigenvalue weighted by Crippen LogP contribution is -2.05. The minimum Gasteiger partial charge on any atom is -0.228 e. The molecular weight excluding hydrogens is 558 g/mol. The van der Waals surface area contributed by atoms with E-state index in [1.54, 1.807) is 0 Å². The number of aromatic nitrogens is 2. The second-order valence-electron chi connectivity index (χ2n) is 11.7. The van der Waals surface area contributed by atoms with Gasteiger partial charge in [-0.15, -0.1) is 0 Å². The van der Waals surface area contributed by atoms with Crippen molar-refractivity contribution in [1.29, 1.82) is 5.26 Å². The Kier molecular flexibility index (Phi) is 7.02. The Bertz CT molecular complexity index is 2270. The topological polar surface area (TPSA) is 49.6 Å². The second kappa shape index (κ2) is 11.8. The van der Waals surface area contributed by atoms with Crippen molar-refractivity contribution in [1.82, 2.24) is 9.97 Å². The Hall–Kier alpha value is -6.11. The number of benzene rings is 6. The van der Waals surface area contributed by atoms with Gasteiger partial charge in [-0.1, -0.05) is 121 Å². The van der Waals surface area contributed by atoms with Gasteiger partial charge in [-0.3, -0.25) is 0 Å². The largest absolute Gasteiger partial charge is 0.228 e. The zero-order valence-electron chi connectivity index (χ0n) is 25.2. The molecule has 1 heterocycles. The highest BCUT2D eigenvalue weighted by Gasteiger charge is 2.17. The highest BCUT2D eigenvalue weighted by atomic mass is 14.9. The van der Waals surface area contributed by atoms with Crippen molar-refractivity contribution < 1.29 is 0 Å². The summed E-state index contributed by atoms with van der Waals surface area (Å²) in [4.78, 5) is 10.1. The molecule has 1 aliphatic carbocycles. The summed E-state index contributed by atoms with van der Waals surface area (Å²) in [5.74, 6) is 0.754. The Labute approximate surface area is 268 Å². The average Bonchev–Trinajstić information content (AvgIpc) is 3.14. The van der Waals surface area contributed by atoms with Crippen LogP contribution in [0.25, 0.3) is 72.9 Å². The summed E-state index contributed by atoms with van der Waals surface area (Å²) in [6.07, 6.45) is 6.32. The summed E-state index contributed by atoms with van der Waals surface area (Å²) in [6, 6.07) is 50.9. The quantitative estimate of drug-likeness (QED) is 0.201. The number of nitriles is 1. The van der Waals surface area contributed by atoms with Crippen LogP contribution in [0.15, 0.2) is 146 Å². The van der Waals surface area contributed by atoms with Crippen LogP contribution in [-0.2, 0) is 6.42 Å². The van der Waals surface area contributed by atoms with Gasteiger partial charge in [-0.2, -0.15) is 5.26 Å². The molecule has 0 fully saturated rings. The molecule has 0 saturated heterocycles. The van der Waals surface area contributed by atoms with Gasteiger partial charge in [-0.05, 0) is 87.3 Å². The summed E-state index contributed by atoms with van der Waals surface area (Å²) in [5, 5.41) is 11.5. The van der Waals surface area contributed by atoms with Crippen molar-refractivity contribution in [3.8, 4) is 62.1 Å². The van der Waals surface area contributed by atoms with E-state index in [9.17, 15) is 0 Å². The first-order valence-electron chi connectivity index (χ1n) is 15.6. The molecule has 0 aliphatic heterocycles. The van der Waals surface area contributed by atoms with E-state index in [-0.39, 0.29) is 0 Å². The fourth-order valence-corrected chi connectivity index (χ4v) is 6.28. The maximum Gasteiger partial charge on any atom is 0.160 e. The summed E-state index contributed by atoms with van der Waals surface area (Å²) in [7, 11) is 0. The lowest BCUT2D eigenvalue weighted by molar-refractivity contribution is 0.947. The maximum atomic E-state index is 9.09. The molecule has 3 nitrogen and oxygen atoms in total. The van der Waals surface area contributed by atoms with Gasteiger partial charge in [0, 0.05) is 16.7 Å². The van der Waals surface area contributed by atoms with Crippen molar-refractivity contribution in [2.75, 3.05) is 0 Å². The first-order chi connectivity index (χ1) is 22.7. The maximum absolute atomic E-state index is 9.09. The van der Waals surface area contributed by atoms with E-state index in [4.69, 9.17) is 15.2 Å². The summed E-state index contributed by atoms with van der Waals surface area (Å²) in [5.41, 5.74) is 13.0. The Morgan fingerprint density at radius 3 is 1.65 bits per heavy atom. The van der Waals surface area contributed by atoms with E-state index < -0.39 is 0 Å². The monoisotopic (exact) mass is 587 g/mol. The van der Waals surface area contributed by atoms with Gasteiger partial charge in [0.25, 0.3) is 0 Å². The third kappa shape index (κ3) is 5.27. The van der Waals surface area contributed by atoms with Crippen LogP contribution >= 0.6 is 0 Å². The van der Waals surface area contributed by atoms with E-state index in [2.05, 4.69) is 127 Å². The molecule has 0 bridgehead atoms. The number of rotatable bonds is 5. The normalized spacial score (nSPS) is 12.1. The van der Waals surface area contributed by atoms with Gasteiger partial charge < -0.3 is 0 Å². The van der Waals surface area contributed by atoms with Crippen LogP contribution in [0, 0.1) is 11.3 Å². The summed E-state index contributed by atoms with van der Waals surface area (Å²) < 4.78 is 0. The first kappa shape index (κ1) is 27.4. The third-order valence-corrected chi connectivity index (χ3v) is 8.81. The van der Waals surface area contributed by atoms with Crippen LogP contribution in [0.5, 0.6) is 0 Å². The van der Waals surface area contributed by atoms with E-state index >= 15 is 0 Å². The minimum absolute atomic E-state index is 0.672. The SMILES string of the molecule is N#Cc1ccc(-c2ccc(-c3ccc4ccc(-c5ccc(-c6nc7c(c(-c8ccccc8)n6)CCC=C7)cc5)cc4c3)cc2)cc1. The fourth-order valence-electron chi connectivity index (χ4n) is 6.28. The molecule has 3 heteroatoms. The van der Waals surface area contributed by atoms with E-state index in [0.29, 0.717) is 5.56 Å². The van der Waals surface area contributed by atoms with Gasteiger partial charge >= 0.3 is 0 Å². The van der Waals surface area contributed by atoms with Gasteiger partial charge in [0.2, 0.25) is 0 Å². The zero-order chi connectivity index (χ0) is 30.9. The number of nitrogens with zero attached hydrogens (tertiary/aromatic N) is 3. The van der Waals surface area contributed by atoms with Crippen molar-refractivity contribution >= 4 is 16.8 Å². The standard InChI is InChI=1S/C43H29N3/c44-28-29-10-12-30(13-11-29)31-14-16-32(17-15-31)37-24-20-34-21-25-38(27-39(34)26-37)33-18-22-36(23-19-33)43-45-41-9-5-4-8-40(41)42(46-43)35-6-2-1-3-7-35/h1-3,5-7,9-27H,4,8H2. The molecule has 0 unspecified atom stereocenters. The molecule has 46 heavy (non-hydrogen) atoms. The molecule has 0 amide bonds. The van der Waals surface area contributed by atoms with Gasteiger partial charge in [0.15, 0.2) is 5.82 Å². The predicted molar refractivity (Wildman–Crippen MR) is 189 cm³/mol. The number of allylic oxidation sites excluding steroid dienone is 1. The molecule has 1 aromatic heterocycles. The molecule has 0 saturated carbocycles. The molecule has 6 aromatic carbocycles. The van der Waals surface area contributed by atoms with Crippen LogP contribution in [0.1, 0.15) is 23.2 Å². The molecule has 0 radical (unpaired) electrons. The lowest BCUT2D eigenvalue weighted by Gasteiger charge is -2.16. The third-order valence-electron chi connectivity index (χ3n) is 8.81. The van der Waals surface area contributed by atoms with Gasteiger partial charge in [0.05, 0.1) is 23.0 Å². The molecule has 0 atom stereocenters. The molecular formula is C43H29N3. The predicted octanol–water partition coefficient (Wildman–Crippen LogP) is 10.8. The first-order valence-corrected chi connectivity index (χ1v) is 15.6. The van der Waals surface area contributed by atoms with Crippen LogP contribution in [0.3, 0.4) is 0 Å². The van der Waals surface area contributed by atoms with Crippen LogP contribution < -0.4 is 0 Å². The molecule has 0 N–H and O–H groups in total. The van der Waals surface area contributed by atoms with Gasteiger partial charge in [0.1, 0.15) is 0 Å². The second-order valence-corrected chi connectivity index (χ2v) is 11.7. The number of hydrogen-bond acceptors (Lipinski definition) is 3. The van der Waals surface area contributed by atoms with Crippen molar-refractivity contribution in [3.63, 3.8) is 0 Å². The van der Waals surface area contributed by atoms with Crippen molar-refractivity contribution in [2.24, 2.45) is 0 Å². The highest BCUT2D eigenvalue weighted by Crippen LogP contribution is 2.33. The minimum atomic E-state index is 0.672. The van der Waals surface area contributed by atoms with Gasteiger partial charge in [-0.25, -0.2) is 9.97 Å². The Morgan fingerprint density at radius 2 is 1.04 bits per heavy atom. The van der Waals surface area contributed by atoms with Crippen LogP contribution in [0.4, 0.5) is 0 Å². The lowest BCUT2D eigenvalue weighted by atomic mass is 9.95. The number of hydrogen-bond donors (Lipinski definition) is 0. The molecule has 7 aromatic rings. The van der Waals surface area contributed by atoms with E-state index in [0.717, 1.165) is 57.9 Å². The Morgan fingerprint density at radius 1 is 0.500 bits per heavy atom. The molecule has 8 rings (SSSR count).